The van der Waals surface area contributed by atoms with Gasteiger partial charge in [-0.05, 0) is 54.1 Å². The van der Waals surface area contributed by atoms with Gasteiger partial charge in [0.15, 0.2) is 5.76 Å². The number of furan rings is 1. The number of anilines is 1. The Labute approximate surface area is 220 Å². The summed E-state index contributed by atoms with van der Waals surface area (Å²) in [6.45, 7) is 3.43. The third-order valence-electron chi connectivity index (χ3n) is 6.47. The van der Waals surface area contributed by atoms with E-state index in [1.54, 1.807) is 19.4 Å². The SMILES string of the molecule is COc1ccc(N2CCN([C@H](c3cccc(Br)c3)c3sc4nc(-c5ccco5)nn4c3O)CC2)cc1. The first kappa shape index (κ1) is 23.1. The lowest BCUT2D eigenvalue weighted by molar-refractivity contribution is 0.211. The van der Waals surface area contributed by atoms with E-state index in [2.05, 4.69) is 60.1 Å². The zero-order valence-corrected chi connectivity index (χ0v) is 21.9. The first-order valence-corrected chi connectivity index (χ1v) is 13.2. The summed E-state index contributed by atoms with van der Waals surface area (Å²) in [5.41, 5.74) is 2.29. The van der Waals surface area contributed by atoms with Gasteiger partial charge in [0.2, 0.25) is 16.7 Å². The first-order valence-electron chi connectivity index (χ1n) is 11.6. The summed E-state index contributed by atoms with van der Waals surface area (Å²) >= 11 is 5.08. The standard InChI is InChI=1S/C26H24BrN5O3S/c1-34-20-9-7-19(8-10-20)30-11-13-31(14-12-30)22(17-4-2-5-18(27)16-17)23-25(33)32-26(36-23)28-24(29-32)21-6-3-15-35-21/h2-10,15-16,22,33H,11-14H2,1H3/t22-/m1/s1. The minimum atomic E-state index is -0.124. The monoisotopic (exact) mass is 565 g/mol. The second-order valence-electron chi connectivity index (χ2n) is 8.58. The molecular weight excluding hydrogens is 542 g/mol. The Kier molecular flexibility index (Phi) is 6.16. The smallest absolute Gasteiger partial charge is 0.230 e. The second kappa shape index (κ2) is 9.61. The number of halogens is 1. The zero-order chi connectivity index (χ0) is 24.6. The normalized spacial score (nSPS) is 15.4. The molecule has 1 fully saturated rings. The van der Waals surface area contributed by atoms with E-state index in [9.17, 15) is 5.11 Å². The van der Waals surface area contributed by atoms with Gasteiger partial charge >= 0.3 is 0 Å². The number of methoxy groups -OCH3 is 1. The van der Waals surface area contributed by atoms with E-state index >= 15 is 0 Å². The molecule has 3 aromatic heterocycles. The Morgan fingerprint density at radius 3 is 2.53 bits per heavy atom. The van der Waals surface area contributed by atoms with Crippen LogP contribution in [0.5, 0.6) is 11.6 Å². The van der Waals surface area contributed by atoms with Crippen LogP contribution in [-0.2, 0) is 0 Å². The predicted octanol–water partition coefficient (Wildman–Crippen LogP) is 5.44. The van der Waals surface area contributed by atoms with Crippen molar-refractivity contribution in [2.45, 2.75) is 6.04 Å². The summed E-state index contributed by atoms with van der Waals surface area (Å²) in [6.07, 6.45) is 1.59. The largest absolute Gasteiger partial charge is 0.497 e. The maximum atomic E-state index is 11.3. The molecule has 0 bridgehead atoms. The highest BCUT2D eigenvalue weighted by Crippen LogP contribution is 2.41. The maximum absolute atomic E-state index is 11.3. The topological polar surface area (TPSA) is 79.3 Å². The van der Waals surface area contributed by atoms with Crippen molar-refractivity contribution < 1.29 is 14.3 Å². The maximum Gasteiger partial charge on any atom is 0.230 e. The van der Waals surface area contributed by atoms with Crippen molar-refractivity contribution in [2.24, 2.45) is 0 Å². The number of hydrogen-bond acceptors (Lipinski definition) is 8. The van der Waals surface area contributed by atoms with Crippen molar-refractivity contribution in [2.75, 3.05) is 38.2 Å². The Balaban J connectivity index is 1.31. The highest BCUT2D eigenvalue weighted by Gasteiger charge is 2.32. The molecule has 0 unspecified atom stereocenters. The Bertz CT molecular complexity index is 1470. The molecule has 184 valence electrons. The van der Waals surface area contributed by atoms with Crippen molar-refractivity contribution in [3.63, 3.8) is 0 Å². The van der Waals surface area contributed by atoms with Gasteiger partial charge in [-0.3, -0.25) is 4.90 Å². The quantitative estimate of drug-likeness (QED) is 0.293. The second-order valence-corrected chi connectivity index (χ2v) is 10.5. The van der Waals surface area contributed by atoms with E-state index in [1.807, 2.05) is 30.3 Å². The molecule has 1 N–H and O–H groups in total. The fourth-order valence-corrected chi connectivity index (χ4v) is 6.21. The van der Waals surface area contributed by atoms with Crippen molar-refractivity contribution in [1.82, 2.24) is 19.5 Å². The van der Waals surface area contributed by atoms with E-state index in [1.165, 1.54) is 21.5 Å². The van der Waals surface area contributed by atoms with Crippen LogP contribution in [0, 0.1) is 0 Å². The number of piperazine rings is 1. The summed E-state index contributed by atoms with van der Waals surface area (Å²) in [4.78, 5) is 10.9. The molecule has 0 amide bonds. The van der Waals surface area contributed by atoms with Crippen LogP contribution < -0.4 is 9.64 Å². The summed E-state index contributed by atoms with van der Waals surface area (Å²) < 4.78 is 13.2. The molecule has 0 spiro atoms. The van der Waals surface area contributed by atoms with Gasteiger partial charge < -0.3 is 19.2 Å². The number of aromatic hydroxyl groups is 1. The van der Waals surface area contributed by atoms with Crippen molar-refractivity contribution in [3.05, 3.63) is 81.8 Å². The van der Waals surface area contributed by atoms with Crippen LogP contribution in [0.15, 0.2) is 75.8 Å². The molecule has 1 aliphatic heterocycles. The Morgan fingerprint density at radius 1 is 1.06 bits per heavy atom. The average Bonchev–Trinajstić information content (AvgIpc) is 3.64. The molecule has 1 aliphatic rings. The minimum absolute atomic E-state index is 0.114. The van der Waals surface area contributed by atoms with E-state index in [0.717, 1.165) is 46.8 Å². The lowest BCUT2D eigenvalue weighted by Crippen LogP contribution is -2.47. The average molecular weight is 566 g/mol. The summed E-state index contributed by atoms with van der Waals surface area (Å²) in [6, 6.07) is 19.9. The molecule has 36 heavy (non-hydrogen) atoms. The van der Waals surface area contributed by atoms with Crippen LogP contribution in [0.25, 0.3) is 16.5 Å². The number of ether oxygens (including phenoxy) is 1. The first-order chi connectivity index (χ1) is 17.6. The molecule has 2 aromatic carbocycles. The van der Waals surface area contributed by atoms with Crippen molar-refractivity contribution >= 4 is 37.9 Å². The van der Waals surface area contributed by atoms with E-state index in [-0.39, 0.29) is 11.9 Å². The number of nitrogens with zero attached hydrogens (tertiary/aromatic N) is 5. The molecule has 1 saturated heterocycles. The highest BCUT2D eigenvalue weighted by molar-refractivity contribution is 9.10. The van der Waals surface area contributed by atoms with Gasteiger partial charge in [-0.15, -0.1) is 5.10 Å². The molecule has 4 heterocycles. The Hall–Kier alpha value is -3.34. The van der Waals surface area contributed by atoms with Gasteiger partial charge in [0.05, 0.1) is 24.3 Å². The molecule has 0 aliphatic carbocycles. The van der Waals surface area contributed by atoms with Gasteiger partial charge in [0.1, 0.15) is 5.75 Å². The molecule has 0 saturated carbocycles. The molecule has 10 heteroatoms. The number of rotatable bonds is 6. The lowest BCUT2D eigenvalue weighted by atomic mass is 10.0. The number of aromatic nitrogens is 3. The zero-order valence-electron chi connectivity index (χ0n) is 19.5. The van der Waals surface area contributed by atoms with Crippen LogP contribution in [0.2, 0.25) is 0 Å². The van der Waals surface area contributed by atoms with Gasteiger partial charge in [0, 0.05) is 36.3 Å². The van der Waals surface area contributed by atoms with Crippen LogP contribution in [-0.4, -0.2) is 57.9 Å². The van der Waals surface area contributed by atoms with E-state index in [0.29, 0.717) is 16.5 Å². The third kappa shape index (κ3) is 4.25. The molecular formula is C26H24BrN5O3S. The fourth-order valence-electron chi connectivity index (χ4n) is 4.67. The van der Waals surface area contributed by atoms with Crippen molar-refractivity contribution in [1.29, 1.82) is 0 Å². The molecule has 1 atom stereocenters. The van der Waals surface area contributed by atoms with E-state index < -0.39 is 0 Å². The number of thiazole rings is 1. The van der Waals surface area contributed by atoms with Crippen LogP contribution in [0.1, 0.15) is 16.5 Å². The summed E-state index contributed by atoms with van der Waals surface area (Å²) in [7, 11) is 1.68. The third-order valence-corrected chi connectivity index (χ3v) is 8.04. The van der Waals surface area contributed by atoms with Crippen LogP contribution in [0.4, 0.5) is 5.69 Å². The molecule has 0 radical (unpaired) electrons. The molecule has 6 rings (SSSR count). The van der Waals surface area contributed by atoms with Crippen LogP contribution in [0.3, 0.4) is 0 Å². The summed E-state index contributed by atoms with van der Waals surface area (Å²) in [5, 5.41) is 15.8. The number of benzene rings is 2. The highest BCUT2D eigenvalue weighted by atomic mass is 79.9. The van der Waals surface area contributed by atoms with Gasteiger partial charge in [-0.2, -0.15) is 9.50 Å². The van der Waals surface area contributed by atoms with Gasteiger partial charge in [-0.1, -0.05) is 39.4 Å². The minimum Gasteiger partial charge on any atom is -0.497 e. The van der Waals surface area contributed by atoms with Crippen LogP contribution >= 0.6 is 27.3 Å². The number of hydrogen-bond donors (Lipinski definition) is 1. The van der Waals surface area contributed by atoms with Gasteiger partial charge in [0.25, 0.3) is 0 Å². The summed E-state index contributed by atoms with van der Waals surface area (Å²) in [5.74, 6) is 2.00. The van der Waals surface area contributed by atoms with Gasteiger partial charge in [-0.25, -0.2) is 0 Å². The fraction of sp³-hybridized carbons (Fsp3) is 0.231. The van der Waals surface area contributed by atoms with E-state index in [4.69, 9.17) is 9.15 Å². The Morgan fingerprint density at radius 2 is 1.86 bits per heavy atom. The molecule has 5 aromatic rings. The molecule has 8 nitrogen and oxygen atoms in total. The van der Waals surface area contributed by atoms with Crippen molar-refractivity contribution in [3.8, 4) is 23.2 Å². The lowest BCUT2D eigenvalue weighted by Gasteiger charge is -2.40. The number of fused-ring (bicyclic) bond motifs is 1. The predicted molar refractivity (Wildman–Crippen MR) is 143 cm³/mol.